The summed E-state index contributed by atoms with van der Waals surface area (Å²) in [4.78, 5) is 14.4. The van der Waals surface area contributed by atoms with E-state index >= 15 is 0 Å². The number of ether oxygens (including phenoxy) is 1. The molecule has 0 aliphatic carbocycles. The molecule has 156 valence electrons. The van der Waals surface area contributed by atoms with Crippen molar-refractivity contribution in [3.8, 4) is 0 Å². The zero-order valence-electron chi connectivity index (χ0n) is 17.1. The molecule has 0 bridgehead atoms. The predicted octanol–water partition coefficient (Wildman–Crippen LogP) is 3.76. The average Bonchev–Trinajstić information content (AvgIpc) is 2.73. The monoisotopic (exact) mass is 415 g/mol. The minimum absolute atomic E-state index is 0.0980. The lowest BCUT2D eigenvalue weighted by molar-refractivity contribution is -0.140. The molecule has 5 nitrogen and oxygen atoms in total. The molecule has 6 heteroatoms. The van der Waals surface area contributed by atoms with Crippen LogP contribution in [0.1, 0.15) is 36.8 Å². The van der Waals surface area contributed by atoms with Crippen LogP contribution in [0.3, 0.4) is 0 Å². The van der Waals surface area contributed by atoms with E-state index in [2.05, 4.69) is 17.0 Å². The Morgan fingerprint density at radius 3 is 2.45 bits per heavy atom. The molecule has 0 aromatic heterocycles. The molecule has 0 unspecified atom stereocenters. The Bertz CT molecular complexity index is 925. The van der Waals surface area contributed by atoms with Crippen molar-refractivity contribution in [2.75, 3.05) is 20.2 Å². The van der Waals surface area contributed by atoms with E-state index < -0.39 is 14.6 Å². The number of piperidine rings is 1. The van der Waals surface area contributed by atoms with E-state index in [-0.39, 0.29) is 18.8 Å². The van der Waals surface area contributed by atoms with Crippen molar-refractivity contribution in [2.24, 2.45) is 0 Å². The highest BCUT2D eigenvalue weighted by molar-refractivity contribution is 7.92. The fourth-order valence-electron chi connectivity index (χ4n) is 4.12. The van der Waals surface area contributed by atoms with Gasteiger partial charge in [0.05, 0.1) is 16.8 Å². The predicted molar refractivity (Wildman–Crippen MR) is 113 cm³/mol. The number of esters is 1. The second-order valence-electron chi connectivity index (χ2n) is 7.88. The van der Waals surface area contributed by atoms with Crippen LogP contribution in [0.5, 0.6) is 0 Å². The summed E-state index contributed by atoms with van der Waals surface area (Å²) in [6, 6.07) is 17.1. The molecule has 1 fully saturated rings. The first kappa shape index (κ1) is 21.5. The van der Waals surface area contributed by atoms with Gasteiger partial charge in [0, 0.05) is 19.5 Å². The average molecular weight is 416 g/mol. The van der Waals surface area contributed by atoms with Gasteiger partial charge in [0.1, 0.15) is 0 Å². The number of benzene rings is 2. The molecular formula is C23H29NO4S. The van der Waals surface area contributed by atoms with Crippen LogP contribution in [0.15, 0.2) is 59.5 Å². The summed E-state index contributed by atoms with van der Waals surface area (Å²) in [6.07, 6.45) is 1.69. The van der Waals surface area contributed by atoms with E-state index in [1.54, 1.807) is 12.1 Å². The number of hydrogen-bond acceptors (Lipinski definition) is 5. The normalized spacial score (nSPS) is 20.3. The maximum atomic E-state index is 13.7. The maximum absolute atomic E-state index is 13.7. The molecule has 2 aromatic carbocycles. The second kappa shape index (κ2) is 9.09. The molecule has 29 heavy (non-hydrogen) atoms. The lowest BCUT2D eigenvalue weighted by Crippen LogP contribution is -2.52. The van der Waals surface area contributed by atoms with Crippen LogP contribution in [0.2, 0.25) is 0 Å². The highest BCUT2D eigenvalue weighted by Gasteiger charge is 2.47. The fourth-order valence-corrected chi connectivity index (χ4v) is 6.25. The Balaban J connectivity index is 1.92. The number of rotatable bonds is 7. The van der Waals surface area contributed by atoms with E-state index in [9.17, 15) is 13.2 Å². The van der Waals surface area contributed by atoms with Crippen LogP contribution in [0, 0.1) is 6.92 Å². The van der Waals surface area contributed by atoms with E-state index in [1.807, 2.05) is 37.3 Å². The molecule has 0 spiro atoms. The molecule has 1 aliphatic rings. The smallest absolute Gasteiger partial charge is 0.305 e. The first-order valence-corrected chi connectivity index (χ1v) is 11.5. The Labute approximate surface area is 173 Å². The van der Waals surface area contributed by atoms with Gasteiger partial charge in [-0.25, -0.2) is 8.42 Å². The molecule has 1 saturated heterocycles. The SMILES string of the molecule is COC(=O)CC[C@]1(S(=O)(=O)c2ccc(C)cc2)CCCN(Cc2ccccc2)C1. The van der Waals surface area contributed by atoms with Crippen LogP contribution in [0.25, 0.3) is 0 Å². The number of carbonyl (C=O) groups is 1. The first-order valence-electron chi connectivity index (χ1n) is 10.0. The van der Waals surface area contributed by atoms with Gasteiger partial charge in [-0.05, 0) is 50.4 Å². The van der Waals surface area contributed by atoms with Crippen molar-refractivity contribution in [1.29, 1.82) is 0 Å². The Morgan fingerprint density at radius 1 is 1.10 bits per heavy atom. The molecule has 0 N–H and O–H groups in total. The third-order valence-corrected chi connectivity index (χ3v) is 8.35. The summed E-state index contributed by atoms with van der Waals surface area (Å²) >= 11 is 0. The van der Waals surface area contributed by atoms with Crippen LogP contribution in [-0.2, 0) is 25.9 Å². The summed E-state index contributed by atoms with van der Waals surface area (Å²) in [6.45, 7) is 3.89. The molecule has 3 rings (SSSR count). The minimum Gasteiger partial charge on any atom is -0.469 e. The summed E-state index contributed by atoms with van der Waals surface area (Å²) < 4.78 is 31.3. The number of carbonyl (C=O) groups excluding carboxylic acids is 1. The van der Waals surface area contributed by atoms with Crippen molar-refractivity contribution in [3.63, 3.8) is 0 Å². The molecule has 1 aliphatic heterocycles. The van der Waals surface area contributed by atoms with E-state index in [1.165, 1.54) is 7.11 Å². The van der Waals surface area contributed by atoms with Gasteiger partial charge in [-0.15, -0.1) is 0 Å². The van der Waals surface area contributed by atoms with Gasteiger partial charge in [-0.3, -0.25) is 9.69 Å². The number of nitrogens with zero attached hydrogens (tertiary/aromatic N) is 1. The van der Waals surface area contributed by atoms with Gasteiger partial charge in [0.2, 0.25) is 0 Å². The summed E-state index contributed by atoms with van der Waals surface area (Å²) in [5.74, 6) is -0.372. The van der Waals surface area contributed by atoms with Gasteiger partial charge >= 0.3 is 5.97 Å². The Morgan fingerprint density at radius 2 is 1.79 bits per heavy atom. The Kier molecular flexibility index (Phi) is 6.75. The highest BCUT2D eigenvalue weighted by Crippen LogP contribution is 2.38. The van der Waals surface area contributed by atoms with Crippen LogP contribution in [-0.4, -0.2) is 44.2 Å². The molecular weight excluding hydrogens is 386 g/mol. The zero-order chi connectivity index (χ0) is 20.9. The third-order valence-electron chi connectivity index (χ3n) is 5.78. The lowest BCUT2D eigenvalue weighted by atomic mass is 9.92. The standard InChI is InChI=1S/C23H29NO4S/c1-19-9-11-21(12-10-19)29(26,27)23(15-13-22(25)28-2)14-6-16-24(18-23)17-20-7-4-3-5-8-20/h3-5,7-12H,6,13-18H2,1-2H3/t23-/m1/s1. The third kappa shape index (κ3) is 4.87. The van der Waals surface area contributed by atoms with Crippen molar-refractivity contribution in [2.45, 2.75) is 48.8 Å². The van der Waals surface area contributed by atoms with Gasteiger partial charge in [-0.1, -0.05) is 48.0 Å². The van der Waals surface area contributed by atoms with Crippen LogP contribution >= 0.6 is 0 Å². The molecule has 0 amide bonds. The fraction of sp³-hybridized carbons (Fsp3) is 0.435. The van der Waals surface area contributed by atoms with Gasteiger partial charge in [0.15, 0.2) is 9.84 Å². The number of sulfone groups is 1. The number of likely N-dealkylation sites (tertiary alicyclic amines) is 1. The minimum atomic E-state index is -3.62. The summed E-state index contributed by atoms with van der Waals surface area (Å²) in [7, 11) is -2.28. The number of aryl methyl sites for hydroxylation is 1. The first-order chi connectivity index (χ1) is 13.9. The van der Waals surface area contributed by atoms with E-state index in [0.717, 1.165) is 24.1 Å². The van der Waals surface area contributed by atoms with Crippen LogP contribution in [0.4, 0.5) is 0 Å². The molecule has 1 heterocycles. The molecule has 0 saturated carbocycles. The van der Waals surface area contributed by atoms with Gasteiger partial charge in [0.25, 0.3) is 0 Å². The summed E-state index contributed by atoms with van der Waals surface area (Å²) in [5.41, 5.74) is 2.17. The van der Waals surface area contributed by atoms with Crippen molar-refractivity contribution in [1.82, 2.24) is 4.90 Å². The van der Waals surface area contributed by atoms with Crippen LogP contribution < -0.4 is 0 Å². The van der Waals surface area contributed by atoms with E-state index in [4.69, 9.17) is 4.74 Å². The van der Waals surface area contributed by atoms with Crippen molar-refractivity contribution in [3.05, 3.63) is 65.7 Å². The molecule has 2 aromatic rings. The lowest BCUT2D eigenvalue weighted by Gasteiger charge is -2.42. The summed E-state index contributed by atoms with van der Waals surface area (Å²) in [5, 5.41) is 0. The van der Waals surface area contributed by atoms with Gasteiger partial charge in [-0.2, -0.15) is 0 Å². The number of methoxy groups -OCH3 is 1. The molecule has 1 atom stereocenters. The van der Waals surface area contributed by atoms with Gasteiger partial charge < -0.3 is 4.74 Å². The largest absolute Gasteiger partial charge is 0.469 e. The van der Waals surface area contributed by atoms with Crippen molar-refractivity contribution < 1.29 is 17.9 Å². The maximum Gasteiger partial charge on any atom is 0.305 e. The Hall–Kier alpha value is -2.18. The zero-order valence-corrected chi connectivity index (χ0v) is 18.0. The van der Waals surface area contributed by atoms with Crippen molar-refractivity contribution >= 4 is 15.8 Å². The highest BCUT2D eigenvalue weighted by atomic mass is 32.2. The number of hydrogen-bond donors (Lipinski definition) is 0. The van der Waals surface area contributed by atoms with E-state index in [0.29, 0.717) is 24.4 Å². The quantitative estimate of drug-likeness (QED) is 0.645. The molecule has 0 radical (unpaired) electrons. The topological polar surface area (TPSA) is 63.7 Å². The second-order valence-corrected chi connectivity index (χ2v) is 10.2.